The summed E-state index contributed by atoms with van der Waals surface area (Å²) < 4.78 is 0. The maximum absolute atomic E-state index is 10.6. The monoisotopic (exact) mass is 304 g/mol. The van der Waals surface area contributed by atoms with E-state index in [4.69, 9.17) is 5.11 Å². The van der Waals surface area contributed by atoms with E-state index >= 15 is 0 Å². The number of hydrogen-bond donors (Lipinski definition) is 1. The molecule has 1 aromatic carbocycles. The number of para-hydroxylation sites is 1. The smallest absolute Gasteiger partial charge is 0.303 e. The minimum atomic E-state index is -0.782. The normalized spacial score (nSPS) is 10.5. The van der Waals surface area contributed by atoms with Crippen LogP contribution in [0, 0.1) is 0 Å². The van der Waals surface area contributed by atoms with Crippen molar-refractivity contribution in [3.05, 3.63) is 41.4 Å². The average molecular weight is 304 g/mol. The zero-order valence-electron chi connectivity index (χ0n) is 12.2. The van der Waals surface area contributed by atoms with Crippen LogP contribution in [0.2, 0.25) is 0 Å². The van der Waals surface area contributed by atoms with E-state index < -0.39 is 5.97 Å². The van der Waals surface area contributed by atoms with Gasteiger partial charge in [-0.1, -0.05) is 31.5 Å². The van der Waals surface area contributed by atoms with Gasteiger partial charge in [-0.05, 0) is 18.6 Å². The van der Waals surface area contributed by atoms with Crippen molar-refractivity contribution in [1.82, 2.24) is 4.98 Å². The summed E-state index contributed by atoms with van der Waals surface area (Å²) in [6.45, 7) is 3.09. The molecule has 112 valence electrons. The SMILES string of the molecule is CCCCN(c1ccccc1)c1nc(CCC(=O)O)cs1. The number of benzene rings is 1. The summed E-state index contributed by atoms with van der Waals surface area (Å²) in [7, 11) is 0. The molecule has 0 saturated carbocycles. The number of carbonyl (C=O) groups is 1. The fraction of sp³-hybridized carbons (Fsp3) is 0.375. The molecule has 4 nitrogen and oxygen atoms in total. The number of hydrogen-bond acceptors (Lipinski definition) is 4. The Kier molecular flexibility index (Phi) is 5.75. The highest BCUT2D eigenvalue weighted by molar-refractivity contribution is 7.13. The van der Waals surface area contributed by atoms with Gasteiger partial charge in [-0.3, -0.25) is 4.79 Å². The summed E-state index contributed by atoms with van der Waals surface area (Å²) in [5.41, 5.74) is 1.99. The Hall–Kier alpha value is -1.88. The first kappa shape index (κ1) is 15.5. The second kappa shape index (κ2) is 7.78. The van der Waals surface area contributed by atoms with Gasteiger partial charge in [0.05, 0.1) is 12.1 Å². The molecule has 0 radical (unpaired) electrons. The van der Waals surface area contributed by atoms with Crippen molar-refractivity contribution < 1.29 is 9.90 Å². The zero-order valence-corrected chi connectivity index (χ0v) is 13.0. The number of thiazole rings is 1. The van der Waals surface area contributed by atoms with Crippen LogP contribution in [-0.4, -0.2) is 22.6 Å². The molecule has 1 aromatic heterocycles. The third-order valence-corrected chi connectivity index (χ3v) is 4.08. The van der Waals surface area contributed by atoms with Gasteiger partial charge in [0.1, 0.15) is 0 Å². The van der Waals surface area contributed by atoms with Crippen LogP contribution in [0.5, 0.6) is 0 Å². The number of aromatic nitrogens is 1. The number of carboxylic acid groups (broad SMARTS) is 1. The molecule has 0 unspecified atom stereocenters. The molecule has 0 amide bonds. The van der Waals surface area contributed by atoms with Crippen molar-refractivity contribution in [3.63, 3.8) is 0 Å². The predicted octanol–water partition coefficient (Wildman–Crippen LogP) is 4.10. The average Bonchev–Trinajstić information content (AvgIpc) is 2.95. The fourth-order valence-corrected chi connectivity index (χ4v) is 2.94. The summed E-state index contributed by atoms with van der Waals surface area (Å²) in [6.07, 6.45) is 2.84. The van der Waals surface area contributed by atoms with Gasteiger partial charge in [-0.2, -0.15) is 0 Å². The van der Waals surface area contributed by atoms with E-state index in [1.807, 2.05) is 23.6 Å². The third kappa shape index (κ3) is 4.56. The summed E-state index contributed by atoms with van der Waals surface area (Å²) in [5, 5.41) is 11.6. The van der Waals surface area contributed by atoms with E-state index in [-0.39, 0.29) is 6.42 Å². The van der Waals surface area contributed by atoms with Gasteiger partial charge in [-0.15, -0.1) is 11.3 Å². The van der Waals surface area contributed by atoms with Crippen LogP contribution in [0.4, 0.5) is 10.8 Å². The Balaban J connectivity index is 2.15. The Morgan fingerprint density at radius 2 is 2.10 bits per heavy atom. The van der Waals surface area contributed by atoms with Gasteiger partial charge in [0.2, 0.25) is 0 Å². The molecule has 0 atom stereocenters. The van der Waals surface area contributed by atoms with Crippen molar-refractivity contribution in [1.29, 1.82) is 0 Å². The van der Waals surface area contributed by atoms with E-state index in [2.05, 4.69) is 28.9 Å². The van der Waals surface area contributed by atoms with Gasteiger partial charge in [0.15, 0.2) is 5.13 Å². The van der Waals surface area contributed by atoms with Crippen LogP contribution >= 0.6 is 11.3 Å². The van der Waals surface area contributed by atoms with Crippen LogP contribution in [0.3, 0.4) is 0 Å². The molecule has 0 aliphatic carbocycles. The highest BCUT2D eigenvalue weighted by Crippen LogP contribution is 2.29. The second-order valence-corrected chi connectivity index (χ2v) is 5.69. The van der Waals surface area contributed by atoms with E-state index in [0.29, 0.717) is 6.42 Å². The Morgan fingerprint density at radius 3 is 2.76 bits per heavy atom. The number of carboxylic acids is 1. The van der Waals surface area contributed by atoms with Gasteiger partial charge < -0.3 is 10.0 Å². The molecule has 0 saturated heterocycles. The van der Waals surface area contributed by atoms with Crippen molar-refractivity contribution in [3.8, 4) is 0 Å². The van der Waals surface area contributed by atoms with Crippen LogP contribution in [0.25, 0.3) is 0 Å². The molecule has 5 heteroatoms. The molecular formula is C16H20N2O2S. The van der Waals surface area contributed by atoms with Crippen LogP contribution in [0.15, 0.2) is 35.7 Å². The van der Waals surface area contributed by atoms with Crippen LogP contribution in [0.1, 0.15) is 31.9 Å². The quantitative estimate of drug-likeness (QED) is 0.798. The minimum absolute atomic E-state index is 0.128. The Labute approximate surface area is 129 Å². The van der Waals surface area contributed by atoms with Gasteiger partial charge in [0, 0.05) is 24.0 Å². The standard InChI is InChI=1S/C16H20N2O2S/c1-2-3-11-18(14-7-5-4-6-8-14)16-17-13(12-21-16)9-10-15(19)20/h4-8,12H,2-3,9-11H2,1H3,(H,19,20). The molecule has 1 N–H and O–H groups in total. The second-order valence-electron chi connectivity index (χ2n) is 4.86. The molecule has 0 spiro atoms. The Morgan fingerprint density at radius 1 is 1.33 bits per heavy atom. The van der Waals surface area contributed by atoms with Crippen molar-refractivity contribution in [2.45, 2.75) is 32.6 Å². The minimum Gasteiger partial charge on any atom is -0.481 e. The number of aliphatic carboxylic acids is 1. The lowest BCUT2D eigenvalue weighted by molar-refractivity contribution is -0.136. The third-order valence-electron chi connectivity index (χ3n) is 3.17. The summed E-state index contributed by atoms with van der Waals surface area (Å²) in [5.74, 6) is -0.782. The first-order chi connectivity index (χ1) is 10.2. The molecule has 0 aliphatic rings. The molecule has 0 aliphatic heterocycles. The van der Waals surface area contributed by atoms with Crippen LogP contribution in [-0.2, 0) is 11.2 Å². The van der Waals surface area contributed by atoms with Crippen molar-refractivity contribution >= 4 is 28.1 Å². The van der Waals surface area contributed by atoms with E-state index in [9.17, 15) is 4.79 Å². The predicted molar refractivity (Wildman–Crippen MR) is 86.4 cm³/mol. The van der Waals surface area contributed by atoms with E-state index in [1.165, 1.54) is 0 Å². The van der Waals surface area contributed by atoms with Gasteiger partial charge in [0.25, 0.3) is 0 Å². The summed E-state index contributed by atoms with van der Waals surface area (Å²) >= 11 is 1.58. The molecule has 0 bridgehead atoms. The van der Waals surface area contributed by atoms with Gasteiger partial charge in [-0.25, -0.2) is 4.98 Å². The summed E-state index contributed by atoms with van der Waals surface area (Å²) in [4.78, 5) is 17.4. The number of unbranched alkanes of at least 4 members (excludes halogenated alkanes) is 1. The largest absolute Gasteiger partial charge is 0.481 e. The molecule has 2 rings (SSSR count). The molecule has 21 heavy (non-hydrogen) atoms. The van der Waals surface area contributed by atoms with E-state index in [0.717, 1.165) is 35.9 Å². The highest BCUT2D eigenvalue weighted by Gasteiger charge is 2.13. The number of aryl methyl sites for hydroxylation is 1. The molecule has 0 fully saturated rings. The van der Waals surface area contributed by atoms with E-state index in [1.54, 1.807) is 11.3 Å². The van der Waals surface area contributed by atoms with Crippen molar-refractivity contribution in [2.75, 3.05) is 11.4 Å². The lowest BCUT2D eigenvalue weighted by atomic mass is 10.2. The lowest BCUT2D eigenvalue weighted by Crippen LogP contribution is -2.18. The first-order valence-corrected chi connectivity index (χ1v) is 8.07. The Bertz CT molecular complexity index is 569. The fourth-order valence-electron chi connectivity index (χ4n) is 2.03. The lowest BCUT2D eigenvalue weighted by Gasteiger charge is -2.21. The molecular weight excluding hydrogens is 284 g/mol. The highest BCUT2D eigenvalue weighted by atomic mass is 32.1. The maximum atomic E-state index is 10.6. The first-order valence-electron chi connectivity index (χ1n) is 7.19. The summed E-state index contributed by atoms with van der Waals surface area (Å²) in [6, 6.07) is 10.2. The van der Waals surface area contributed by atoms with Crippen molar-refractivity contribution in [2.24, 2.45) is 0 Å². The topological polar surface area (TPSA) is 53.4 Å². The van der Waals surface area contributed by atoms with Gasteiger partial charge >= 0.3 is 5.97 Å². The zero-order chi connectivity index (χ0) is 15.1. The number of anilines is 2. The van der Waals surface area contributed by atoms with Crippen LogP contribution < -0.4 is 4.90 Å². The maximum Gasteiger partial charge on any atom is 0.303 e. The number of nitrogens with zero attached hydrogens (tertiary/aromatic N) is 2. The molecule has 2 aromatic rings. The number of rotatable bonds is 8. The molecule has 1 heterocycles.